The molecule has 1 fully saturated rings. The molecule has 0 unspecified atom stereocenters. The van der Waals surface area contributed by atoms with Crippen molar-refractivity contribution in [3.8, 4) is 11.5 Å². The Morgan fingerprint density at radius 2 is 1.65 bits per heavy atom. The van der Waals surface area contributed by atoms with E-state index in [1.807, 2.05) is 34.7 Å². The number of carbonyl (C=O) groups is 2. The van der Waals surface area contributed by atoms with Crippen molar-refractivity contribution in [3.63, 3.8) is 0 Å². The summed E-state index contributed by atoms with van der Waals surface area (Å²) in [4.78, 5) is 23.1. The number of hydrogen-bond acceptors (Lipinski definition) is 5. The Bertz CT molecular complexity index is 1260. The first-order valence-electron chi connectivity index (χ1n) is 12.7. The van der Waals surface area contributed by atoms with Crippen molar-refractivity contribution >= 4 is 32.4 Å². The average molecular weight is 610 g/mol. The molecule has 1 saturated carbocycles. The Balaban J connectivity index is 1.38. The minimum absolute atomic E-state index is 0.0497. The molecule has 192 valence electrons. The van der Waals surface area contributed by atoms with Crippen molar-refractivity contribution in [1.82, 2.24) is 0 Å². The lowest BCUT2D eigenvalue weighted by molar-refractivity contribution is -0.142. The van der Waals surface area contributed by atoms with E-state index in [-0.39, 0.29) is 27.4 Å². The molecule has 3 aromatic carbocycles. The molecule has 2 aliphatic rings. The summed E-state index contributed by atoms with van der Waals surface area (Å²) >= 11 is 1.83. The minimum atomic E-state index is -0.386. The van der Waals surface area contributed by atoms with Crippen LogP contribution in [0.5, 0.6) is 11.5 Å². The highest BCUT2D eigenvalue weighted by Crippen LogP contribution is 2.47. The van der Waals surface area contributed by atoms with E-state index in [1.54, 1.807) is 7.11 Å². The van der Waals surface area contributed by atoms with Crippen LogP contribution >= 0.6 is 22.6 Å². The van der Waals surface area contributed by atoms with Gasteiger partial charge in [-0.05, 0) is 87.9 Å². The third-order valence-corrected chi connectivity index (χ3v) is 8.08. The van der Waals surface area contributed by atoms with Crippen molar-refractivity contribution in [2.45, 2.75) is 62.6 Å². The fourth-order valence-electron chi connectivity index (χ4n) is 5.93. The zero-order valence-electron chi connectivity index (χ0n) is 21.1. The highest BCUT2D eigenvalue weighted by atomic mass is 127. The standard InChI is InChI=1S/C31H31IO5/c1-20(33)36-25-13-15-28-23(16-25)10-14-27(21-6-4-3-5-7-21)30(28)22-8-11-24(12-9-22)37-26-17-31(18-26,35-2)19-29(32)34/h3-9,11-13,15-16,26-27,30H,10,14,17-19H2,1-2H3/t26?,27-,30+,31?/m1/s1. The van der Waals surface area contributed by atoms with Gasteiger partial charge in [0.15, 0.2) is 3.79 Å². The fourth-order valence-corrected chi connectivity index (χ4v) is 6.63. The molecule has 6 heteroatoms. The van der Waals surface area contributed by atoms with E-state index < -0.39 is 0 Å². The van der Waals surface area contributed by atoms with Gasteiger partial charge in [0.25, 0.3) is 0 Å². The van der Waals surface area contributed by atoms with Gasteiger partial charge in [-0.25, -0.2) is 0 Å². The molecule has 0 aromatic heterocycles. The average Bonchev–Trinajstić information content (AvgIpc) is 2.87. The van der Waals surface area contributed by atoms with E-state index >= 15 is 0 Å². The van der Waals surface area contributed by atoms with Crippen molar-refractivity contribution in [3.05, 3.63) is 95.1 Å². The second-order valence-electron chi connectivity index (χ2n) is 10.1. The summed E-state index contributed by atoms with van der Waals surface area (Å²) in [7, 11) is 1.67. The molecule has 0 saturated heterocycles. The summed E-state index contributed by atoms with van der Waals surface area (Å²) in [6, 6.07) is 25.2. The topological polar surface area (TPSA) is 61.8 Å². The zero-order chi connectivity index (χ0) is 26.0. The lowest BCUT2D eigenvalue weighted by Gasteiger charge is -2.45. The van der Waals surface area contributed by atoms with Gasteiger partial charge in [-0.1, -0.05) is 48.5 Å². The van der Waals surface area contributed by atoms with Gasteiger partial charge in [-0.2, -0.15) is 0 Å². The van der Waals surface area contributed by atoms with Gasteiger partial charge >= 0.3 is 5.97 Å². The summed E-state index contributed by atoms with van der Waals surface area (Å²) in [6.45, 7) is 1.43. The van der Waals surface area contributed by atoms with Crippen LogP contribution in [0.15, 0.2) is 72.8 Å². The van der Waals surface area contributed by atoms with Gasteiger partial charge in [-0.15, -0.1) is 0 Å². The summed E-state index contributed by atoms with van der Waals surface area (Å²) in [5.41, 5.74) is 4.68. The molecule has 0 aliphatic heterocycles. The van der Waals surface area contributed by atoms with E-state index in [9.17, 15) is 9.59 Å². The predicted molar refractivity (Wildman–Crippen MR) is 151 cm³/mol. The fraction of sp³-hybridized carbons (Fsp3) is 0.355. The molecule has 0 amide bonds. The Morgan fingerprint density at radius 1 is 0.946 bits per heavy atom. The number of rotatable bonds is 8. The van der Waals surface area contributed by atoms with Gasteiger partial charge in [0.2, 0.25) is 0 Å². The Hall–Kier alpha value is -2.71. The zero-order valence-corrected chi connectivity index (χ0v) is 23.3. The van der Waals surface area contributed by atoms with Gasteiger partial charge in [-0.3, -0.25) is 9.59 Å². The van der Waals surface area contributed by atoms with Crippen molar-refractivity contribution in [1.29, 1.82) is 0 Å². The van der Waals surface area contributed by atoms with Crippen molar-refractivity contribution < 1.29 is 23.8 Å². The van der Waals surface area contributed by atoms with Gasteiger partial charge in [0.1, 0.15) is 17.6 Å². The number of hydrogen-bond donors (Lipinski definition) is 0. The van der Waals surface area contributed by atoms with Crippen LogP contribution in [0.4, 0.5) is 0 Å². The Labute approximate surface area is 231 Å². The van der Waals surface area contributed by atoms with Crippen LogP contribution in [0.1, 0.15) is 66.7 Å². The molecule has 0 N–H and O–H groups in total. The normalized spacial score (nSPS) is 24.5. The van der Waals surface area contributed by atoms with Crippen LogP contribution < -0.4 is 9.47 Å². The Kier molecular flexibility index (Phi) is 7.67. The molecule has 0 bridgehead atoms. The van der Waals surface area contributed by atoms with E-state index in [0.717, 1.165) is 31.4 Å². The summed E-state index contributed by atoms with van der Waals surface area (Å²) in [5, 5.41) is 0. The molecule has 3 aromatic rings. The minimum Gasteiger partial charge on any atom is -0.490 e. The number of halogens is 1. The molecule has 37 heavy (non-hydrogen) atoms. The van der Waals surface area contributed by atoms with Crippen LogP contribution in [-0.4, -0.2) is 28.6 Å². The molecule has 0 radical (unpaired) electrons. The van der Waals surface area contributed by atoms with Crippen LogP contribution in [0.25, 0.3) is 0 Å². The third kappa shape index (κ3) is 5.75. The summed E-state index contributed by atoms with van der Waals surface area (Å²) in [6.07, 6.45) is 3.86. The summed E-state index contributed by atoms with van der Waals surface area (Å²) in [5.74, 6) is 1.66. The maximum atomic E-state index is 11.6. The third-order valence-electron chi connectivity index (χ3n) is 7.70. The van der Waals surface area contributed by atoms with Crippen LogP contribution in [0.3, 0.4) is 0 Å². The number of carbonyl (C=O) groups excluding carboxylic acids is 2. The quantitative estimate of drug-likeness (QED) is 0.122. The molecule has 2 atom stereocenters. The predicted octanol–water partition coefficient (Wildman–Crippen LogP) is 6.75. The lowest BCUT2D eigenvalue weighted by atomic mass is 9.69. The maximum absolute atomic E-state index is 11.6. The number of fused-ring (bicyclic) bond motifs is 1. The van der Waals surface area contributed by atoms with Crippen LogP contribution in [0, 0.1) is 0 Å². The SMILES string of the molecule is COC1(CC(=O)I)CC(Oc2ccc([C@@H]3c4ccc(OC(C)=O)cc4CC[C@@H]3c3ccccc3)cc2)C1. The smallest absolute Gasteiger partial charge is 0.308 e. The maximum Gasteiger partial charge on any atom is 0.308 e. The monoisotopic (exact) mass is 610 g/mol. The number of esters is 1. The van der Waals surface area contributed by atoms with E-state index in [1.165, 1.54) is 29.2 Å². The molecule has 0 spiro atoms. The number of ether oxygens (including phenoxy) is 3. The van der Waals surface area contributed by atoms with E-state index in [0.29, 0.717) is 18.1 Å². The number of benzene rings is 3. The second kappa shape index (κ2) is 11.0. The van der Waals surface area contributed by atoms with E-state index in [4.69, 9.17) is 14.2 Å². The first-order valence-corrected chi connectivity index (χ1v) is 13.8. The first kappa shape index (κ1) is 25.9. The highest BCUT2D eigenvalue weighted by molar-refractivity contribution is 14.1. The molecule has 0 heterocycles. The van der Waals surface area contributed by atoms with Crippen molar-refractivity contribution in [2.24, 2.45) is 0 Å². The number of aryl methyl sites for hydroxylation is 1. The molecule has 5 nitrogen and oxygen atoms in total. The summed E-state index contributed by atoms with van der Waals surface area (Å²) < 4.78 is 17.3. The van der Waals surface area contributed by atoms with Crippen molar-refractivity contribution in [2.75, 3.05) is 7.11 Å². The van der Waals surface area contributed by atoms with Crippen LogP contribution in [0.2, 0.25) is 0 Å². The molecule has 5 rings (SSSR count). The number of methoxy groups -OCH3 is 1. The van der Waals surface area contributed by atoms with E-state index in [2.05, 4.69) is 60.7 Å². The van der Waals surface area contributed by atoms with Gasteiger partial charge < -0.3 is 14.2 Å². The van der Waals surface area contributed by atoms with Crippen LogP contribution in [-0.2, 0) is 20.7 Å². The molecule has 2 aliphatic carbocycles. The Morgan fingerprint density at radius 3 is 2.30 bits per heavy atom. The largest absolute Gasteiger partial charge is 0.490 e. The first-order chi connectivity index (χ1) is 17.9. The lowest BCUT2D eigenvalue weighted by Crippen LogP contribution is -2.51. The molecular weight excluding hydrogens is 579 g/mol. The van der Waals surface area contributed by atoms with Gasteiger partial charge in [0, 0.05) is 39.2 Å². The highest BCUT2D eigenvalue weighted by Gasteiger charge is 2.47. The second-order valence-corrected chi connectivity index (χ2v) is 11.3. The molecular formula is C31H31IO5. The van der Waals surface area contributed by atoms with Gasteiger partial charge in [0.05, 0.1) is 5.60 Å².